The average molecular weight is 483 g/mol. The number of carbonyl (C=O) groups excluding carboxylic acids is 1. The van der Waals surface area contributed by atoms with E-state index in [1.165, 1.54) is 23.9 Å². The zero-order valence-electron chi connectivity index (χ0n) is 15.7. The van der Waals surface area contributed by atoms with Crippen molar-refractivity contribution in [3.8, 4) is 11.3 Å². The van der Waals surface area contributed by atoms with E-state index in [4.69, 9.17) is 9.52 Å². The van der Waals surface area contributed by atoms with Crippen molar-refractivity contribution in [2.24, 2.45) is 4.99 Å². The molecule has 3 aromatic rings. The molecule has 8 heteroatoms. The molecule has 0 bridgehead atoms. The van der Waals surface area contributed by atoms with E-state index in [0.29, 0.717) is 27.3 Å². The fourth-order valence-electron chi connectivity index (χ4n) is 2.78. The number of thioether (sulfide) groups is 1. The molecule has 0 unspecified atom stereocenters. The molecule has 2 N–H and O–H groups in total. The maximum absolute atomic E-state index is 12.3. The van der Waals surface area contributed by atoms with E-state index in [1.807, 2.05) is 37.3 Å². The molecule has 0 atom stereocenters. The highest BCUT2D eigenvalue weighted by molar-refractivity contribution is 9.10. The quantitative estimate of drug-likeness (QED) is 0.471. The molecule has 0 radical (unpaired) electrons. The van der Waals surface area contributed by atoms with Crippen LogP contribution < -0.4 is 5.32 Å². The van der Waals surface area contributed by atoms with Gasteiger partial charge in [-0.3, -0.25) is 4.79 Å². The number of nitrogens with zero attached hydrogens (tertiary/aromatic N) is 1. The summed E-state index contributed by atoms with van der Waals surface area (Å²) in [6, 6.07) is 16.1. The van der Waals surface area contributed by atoms with Gasteiger partial charge in [0.05, 0.1) is 16.2 Å². The van der Waals surface area contributed by atoms with Crippen LogP contribution in [0.4, 0.5) is 5.69 Å². The van der Waals surface area contributed by atoms with Crippen molar-refractivity contribution in [1.29, 1.82) is 0 Å². The van der Waals surface area contributed by atoms with Gasteiger partial charge in [0.1, 0.15) is 11.5 Å². The van der Waals surface area contributed by atoms with Gasteiger partial charge in [-0.1, -0.05) is 34.1 Å². The molecule has 150 valence electrons. The van der Waals surface area contributed by atoms with Crippen LogP contribution in [0.5, 0.6) is 0 Å². The number of hydrogen-bond acceptors (Lipinski definition) is 5. The smallest absolute Gasteiger partial charge is 0.335 e. The minimum Gasteiger partial charge on any atom is -0.478 e. The highest BCUT2D eigenvalue weighted by Gasteiger charge is 2.24. The maximum atomic E-state index is 12.3. The largest absolute Gasteiger partial charge is 0.478 e. The molecule has 1 amide bonds. The zero-order chi connectivity index (χ0) is 21.3. The first-order valence-electron chi connectivity index (χ1n) is 8.88. The lowest BCUT2D eigenvalue weighted by Gasteiger charge is -2.03. The van der Waals surface area contributed by atoms with Crippen molar-refractivity contribution in [2.45, 2.75) is 6.92 Å². The first-order valence-corrected chi connectivity index (χ1v) is 10.5. The SMILES string of the molecule is Cc1ccc(C(=O)O)cc1N=C1NC(=O)C(=Cc2ccc(-c3ccc(Br)cc3)o2)S1. The topological polar surface area (TPSA) is 91.9 Å². The fraction of sp³-hybridized carbons (Fsp3) is 0.0455. The molecule has 30 heavy (non-hydrogen) atoms. The molecule has 1 aliphatic heterocycles. The second-order valence-corrected chi connectivity index (χ2v) is 8.44. The van der Waals surface area contributed by atoms with Gasteiger partial charge in [0, 0.05) is 16.1 Å². The number of carboxylic acid groups (broad SMARTS) is 1. The standard InChI is InChI=1S/C22H15BrN2O4S/c1-12-2-3-14(21(27)28)10-17(12)24-22-25-20(26)19(30-22)11-16-8-9-18(29-16)13-4-6-15(23)7-5-13/h2-11H,1H3,(H,27,28)(H,24,25,26). The lowest BCUT2D eigenvalue weighted by Crippen LogP contribution is -2.19. The van der Waals surface area contributed by atoms with Gasteiger partial charge in [0.25, 0.3) is 5.91 Å². The predicted molar refractivity (Wildman–Crippen MR) is 121 cm³/mol. The summed E-state index contributed by atoms with van der Waals surface area (Å²) in [5.74, 6) is -0.0597. The third kappa shape index (κ3) is 4.39. The number of hydrogen-bond donors (Lipinski definition) is 2. The number of carboxylic acids is 1. The van der Waals surface area contributed by atoms with E-state index in [9.17, 15) is 9.59 Å². The number of aliphatic imine (C=N–C) groups is 1. The summed E-state index contributed by atoms with van der Waals surface area (Å²) in [5.41, 5.74) is 2.38. The van der Waals surface area contributed by atoms with Gasteiger partial charge in [0.15, 0.2) is 5.17 Å². The summed E-state index contributed by atoms with van der Waals surface area (Å²) in [4.78, 5) is 28.4. The van der Waals surface area contributed by atoms with E-state index < -0.39 is 5.97 Å². The van der Waals surface area contributed by atoms with Crippen LogP contribution in [0.15, 0.2) is 73.4 Å². The Morgan fingerprint density at radius 3 is 2.67 bits per heavy atom. The maximum Gasteiger partial charge on any atom is 0.335 e. The van der Waals surface area contributed by atoms with Gasteiger partial charge < -0.3 is 14.8 Å². The van der Waals surface area contributed by atoms with Crippen molar-refractivity contribution >= 4 is 56.5 Å². The number of benzene rings is 2. The summed E-state index contributed by atoms with van der Waals surface area (Å²) in [5, 5.41) is 12.3. The summed E-state index contributed by atoms with van der Waals surface area (Å²) in [6.07, 6.45) is 1.66. The Morgan fingerprint density at radius 1 is 1.17 bits per heavy atom. The monoisotopic (exact) mass is 482 g/mol. The van der Waals surface area contributed by atoms with Crippen LogP contribution >= 0.6 is 27.7 Å². The van der Waals surface area contributed by atoms with Crippen LogP contribution in [-0.2, 0) is 4.79 Å². The number of carbonyl (C=O) groups is 2. The number of halogens is 1. The molecule has 6 nitrogen and oxygen atoms in total. The minimum absolute atomic E-state index is 0.140. The number of aromatic carboxylic acids is 1. The second kappa shape index (κ2) is 8.33. The normalized spacial score (nSPS) is 16.3. The average Bonchev–Trinajstić information content (AvgIpc) is 3.31. The van der Waals surface area contributed by atoms with E-state index in [1.54, 1.807) is 18.2 Å². The molecular formula is C22H15BrN2O4S. The van der Waals surface area contributed by atoms with Crippen LogP contribution in [0.1, 0.15) is 21.7 Å². The highest BCUT2D eigenvalue weighted by atomic mass is 79.9. The predicted octanol–water partition coefficient (Wildman–Crippen LogP) is 5.61. The van der Waals surface area contributed by atoms with Crippen LogP contribution in [0.2, 0.25) is 0 Å². The molecular weight excluding hydrogens is 468 g/mol. The number of amides is 1. The number of aryl methyl sites for hydroxylation is 1. The molecule has 0 spiro atoms. The van der Waals surface area contributed by atoms with Crippen LogP contribution in [-0.4, -0.2) is 22.2 Å². The minimum atomic E-state index is -1.03. The van der Waals surface area contributed by atoms with Gasteiger partial charge in [-0.15, -0.1) is 0 Å². The van der Waals surface area contributed by atoms with Crippen LogP contribution in [0.3, 0.4) is 0 Å². The van der Waals surface area contributed by atoms with Gasteiger partial charge in [-0.25, -0.2) is 9.79 Å². The third-order valence-electron chi connectivity index (χ3n) is 4.36. The molecule has 0 saturated carbocycles. The molecule has 1 fully saturated rings. The first-order chi connectivity index (χ1) is 14.4. The molecule has 4 rings (SSSR count). The Bertz CT molecular complexity index is 1210. The first kappa shape index (κ1) is 20.2. The number of rotatable bonds is 4. The number of amidine groups is 1. The third-order valence-corrected chi connectivity index (χ3v) is 5.80. The van der Waals surface area contributed by atoms with Crippen molar-refractivity contribution in [1.82, 2.24) is 5.32 Å². The Balaban J connectivity index is 1.56. The molecule has 2 heterocycles. The molecule has 1 aromatic heterocycles. The van der Waals surface area contributed by atoms with Crippen molar-refractivity contribution in [3.63, 3.8) is 0 Å². The second-order valence-electron chi connectivity index (χ2n) is 6.50. The van der Waals surface area contributed by atoms with Gasteiger partial charge in [-0.05, 0) is 60.6 Å². The Kier molecular flexibility index (Phi) is 5.61. The van der Waals surface area contributed by atoms with Gasteiger partial charge in [-0.2, -0.15) is 0 Å². The fourth-order valence-corrected chi connectivity index (χ4v) is 3.86. The number of furan rings is 1. The van der Waals surface area contributed by atoms with E-state index >= 15 is 0 Å². The van der Waals surface area contributed by atoms with E-state index in [2.05, 4.69) is 26.2 Å². The lowest BCUT2D eigenvalue weighted by atomic mass is 10.1. The summed E-state index contributed by atoms with van der Waals surface area (Å²) in [7, 11) is 0. The van der Waals surface area contributed by atoms with Crippen molar-refractivity contribution in [2.75, 3.05) is 0 Å². The molecule has 1 saturated heterocycles. The molecule has 2 aromatic carbocycles. The summed E-state index contributed by atoms with van der Waals surface area (Å²) >= 11 is 4.58. The van der Waals surface area contributed by atoms with Gasteiger partial charge in [0.2, 0.25) is 0 Å². The summed E-state index contributed by atoms with van der Waals surface area (Å²) in [6.45, 7) is 1.83. The van der Waals surface area contributed by atoms with E-state index in [0.717, 1.165) is 15.6 Å². The van der Waals surface area contributed by atoms with Crippen molar-refractivity contribution < 1.29 is 19.1 Å². The zero-order valence-corrected chi connectivity index (χ0v) is 18.1. The Morgan fingerprint density at radius 2 is 1.93 bits per heavy atom. The van der Waals surface area contributed by atoms with Crippen molar-refractivity contribution in [3.05, 3.63) is 80.9 Å². The van der Waals surface area contributed by atoms with E-state index in [-0.39, 0.29) is 11.5 Å². The number of nitrogens with one attached hydrogen (secondary N) is 1. The lowest BCUT2D eigenvalue weighted by molar-refractivity contribution is -0.115. The Labute approximate surface area is 184 Å². The van der Waals surface area contributed by atoms with Crippen LogP contribution in [0.25, 0.3) is 17.4 Å². The van der Waals surface area contributed by atoms with Crippen LogP contribution in [0, 0.1) is 6.92 Å². The highest BCUT2D eigenvalue weighted by Crippen LogP contribution is 2.31. The molecule has 1 aliphatic rings. The Hall–Kier alpha value is -3.10. The summed E-state index contributed by atoms with van der Waals surface area (Å²) < 4.78 is 6.83. The van der Waals surface area contributed by atoms with Gasteiger partial charge >= 0.3 is 5.97 Å². The molecule has 0 aliphatic carbocycles.